The second-order valence-corrected chi connectivity index (χ2v) is 9.39. The molecule has 0 fully saturated rings. The highest BCUT2D eigenvalue weighted by Crippen LogP contribution is 2.33. The predicted octanol–water partition coefficient (Wildman–Crippen LogP) is 6.03. The van der Waals surface area contributed by atoms with Crippen LogP contribution in [0.3, 0.4) is 0 Å². The molecule has 1 amide bonds. The van der Waals surface area contributed by atoms with Gasteiger partial charge in [0.05, 0.1) is 17.1 Å². The summed E-state index contributed by atoms with van der Waals surface area (Å²) >= 11 is 1.53. The zero-order valence-corrected chi connectivity index (χ0v) is 20.7. The molecule has 1 aliphatic rings. The Hall–Kier alpha value is -3.97. The van der Waals surface area contributed by atoms with Crippen LogP contribution in [0.4, 0.5) is 11.4 Å². The van der Waals surface area contributed by atoms with Crippen LogP contribution >= 0.6 is 11.3 Å². The molecular formula is C28H26N4O2S. The van der Waals surface area contributed by atoms with Gasteiger partial charge in [-0.25, -0.2) is 9.67 Å². The number of hydrogen-bond acceptors (Lipinski definition) is 5. The lowest BCUT2D eigenvalue weighted by molar-refractivity contribution is -0.118. The van der Waals surface area contributed by atoms with Crippen molar-refractivity contribution in [3.05, 3.63) is 93.6 Å². The van der Waals surface area contributed by atoms with E-state index in [1.54, 1.807) is 0 Å². The molecule has 0 saturated carbocycles. The van der Waals surface area contributed by atoms with E-state index in [1.165, 1.54) is 22.5 Å². The number of ether oxygens (including phenoxy) is 1. The Morgan fingerprint density at radius 2 is 1.91 bits per heavy atom. The molecular weight excluding hydrogens is 456 g/mol. The molecule has 0 radical (unpaired) electrons. The second-order valence-electron chi connectivity index (χ2n) is 8.56. The fraction of sp³-hybridized carbons (Fsp3) is 0.179. The number of carbonyl (C=O) groups excluding carboxylic acids is 1. The van der Waals surface area contributed by atoms with Crippen molar-refractivity contribution >= 4 is 34.8 Å². The van der Waals surface area contributed by atoms with Crippen molar-refractivity contribution in [3.8, 4) is 17.0 Å². The zero-order valence-electron chi connectivity index (χ0n) is 19.9. The fourth-order valence-electron chi connectivity index (χ4n) is 3.90. The number of rotatable bonds is 5. The molecule has 2 heterocycles. The predicted molar refractivity (Wildman–Crippen MR) is 142 cm³/mol. The third-order valence-corrected chi connectivity index (χ3v) is 6.93. The van der Waals surface area contributed by atoms with Crippen LogP contribution in [-0.4, -0.2) is 23.4 Å². The molecule has 7 heteroatoms. The molecule has 0 bridgehead atoms. The van der Waals surface area contributed by atoms with Gasteiger partial charge in [0.2, 0.25) is 4.80 Å². The van der Waals surface area contributed by atoms with Crippen molar-refractivity contribution in [2.75, 3.05) is 11.9 Å². The maximum Gasteiger partial charge on any atom is 0.262 e. The molecule has 0 spiro atoms. The molecule has 1 unspecified atom stereocenters. The average molecular weight is 483 g/mol. The molecule has 1 N–H and O–H groups in total. The van der Waals surface area contributed by atoms with Gasteiger partial charge in [-0.2, -0.15) is 5.10 Å². The van der Waals surface area contributed by atoms with Crippen LogP contribution < -0.4 is 14.9 Å². The van der Waals surface area contributed by atoms with E-state index in [-0.39, 0.29) is 18.4 Å². The van der Waals surface area contributed by atoms with Crippen molar-refractivity contribution in [2.24, 2.45) is 10.1 Å². The minimum Gasteiger partial charge on any atom is -0.482 e. The van der Waals surface area contributed by atoms with Crippen LogP contribution in [0.1, 0.15) is 29.5 Å². The molecule has 1 atom stereocenters. The van der Waals surface area contributed by atoms with E-state index in [2.05, 4.69) is 44.3 Å². The van der Waals surface area contributed by atoms with Gasteiger partial charge in [0.25, 0.3) is 5.91 Å². The summed E-state index contributed by atoms with van der Waals surface area (Å²) < 4.78 is 7.40. The summed E-state index contributed by atoms with van der Waals surface area (Å²) in [6.07, 6.45) is 1.94. The number of aryl methyl sites for hydroxylation is 1. The van der Waals surface area contributed by atoms with Crippen molar-refractivity contribution in [2.45, 2.75) is 26.7 Å². The smallest absolute Gasteiger partial charge is 0.262 e. The van der Waals surface area contributed by atoms with Crippen LogP contribution in [0, 0.1) is 13.8 Å². The standard InChI is InChI=1S/C28H26N4O2S/c1-18-8-7-11-23(20(18)3)31-28-32(29-15-19(2)21-9-5-4-6-10-21)25(17-35-28)22-12-13-26-24(14-22)30-27(33)16-34-26/h4-15,17,19H,16H2,1-3H3,(H,30,33). The van der Waals surface area contributed by atoms with Gasteiger partial charge in [-0.05, 0) is 54.8 Å². The monoisotopic (exact) mass is 482 g/mol. The molecule has 0 saturated heterocycles. The van der Waals surface area contributed by atoms with E-state index in [0.717, 1.165) is 27.3 Å². The topological polar surface area (TPSA) is 68.0 Å². The molecule has 1 aromatic heterocycles. The number of anilines is 1. The summed E-state index contributed by atoms with van der Waals surface area (Å²) in [6, 6.07) is 22.2. The van der Waals surface area contributed by atoms with E-state index in [0.29, 0.717) is 11.4 Å². The van der Waals surface area contributed by atoms with Gasteiger partial charge in [0.15, 0.2) is 6.61 Å². The molecule has 5 rings (SSSR count). The van der Waals surface area contributed by atoms with Gasteiger partial charge in [0.1, 0.15) is 5.75 Å². The second kappa shape index (κ2) is 9.72. The minimum atomic E-state index is -0.159. The number of fused-ring (bicyclic) bond motifs is 1. The van der Waals surface area contributed by atoms with Crippen molar-refractivity contribution < 1.29 is 9.53 Å². The lowest BCUT2D eigenvalue weighted by atomic mass is 10.0. The van der Waals surface area contributed by atoms with E-state index >= 15 is 0 Å². The van der Waals surface area contributed by atoms with Crippen LogP contribution in [0.25, 0.3) is 11.3 Å². The number of hydrogen-bond donors (Lipinski definition) is 1. The Labute approximate surface area is 208 Å². The van der Waals surface area contributed by atoms with E-state index in [9.17, 15) is 4.79 Å². The highest BCUT2D eigenvalue weighted by Gasteiger charge is 2.18. The largest absolute Gasteiger partial charge is 0.482 e. The van der Waals surface area contributed by atoms with Gasteiger partial charge >= 0.3 is 0 Å². The first kappa shape index (κ1) is 22.8. The number of benzene rings is 3. The Balaban J connectivity index is 1.62. The van der Waals surface area contributed by atoms with Gasteiger partial charge in [0, 0.05) is 23.1 Å². The quantitative estimate of drug-likeness (QED) is 0.353. The highest BCUT2D eigenvalue weighted by molar-refractivity contribution is 7.07. The maximum absolute atomic E-state index is 11.8. The number of aromatic nitrogens is 1. The summed E-state index contributed by atoms with van der Waals surface area (Å²) in [5, 5.41) is 9.82. The number of amides is 1. The first-order valence-corrected chi connectivity index (χ1v) is 12.4. The average Bonchev–Trinajstić information content (AvgIpc) is 3.27. The van der Waals surface area contributed by atoms with Crippen LogP contribution in [0.15, 0.2) is 82.2 Å². The maximum atomic E-state index is 11.8. The fourth-order valence-corrected chi connectivity index (χ4v) is 4.75. The van der Waals surface area contributed by atoms with Gasteiger partial charge in [-0.15, -0.1) is 11.3 Å². The van der Waals surface area contributed by atoms with Crippen molar-refractivity contribution in [1.82, 2.24) is 4.68 Å². The molecule has 176 valence electrons. The number of nitrogens with one attached hydrogen (secondary N) is 1. The molecule has 3 aromatic carbocycles. The Kier molecular flexibility index (Phi) is 6.33. The molecule has 1 aliphatic heterocycles. The summed E-state index contributed by atoms with van der Waals surface area (Å²) in [4.78, 5) is 17.6. The molecule has 0 aliphatic carbocycles. The van der Waals surface area contributed by atoms with E-state index in [4.69, 9.17) is 14.8 Å². The minimum absolute atomic E-state index is 0.0331. The SMILES string of the molecule is Cc1cccc(N=c2scc(-c3ccc4c(c3)NC(=O)CO4)n2N=CC(C)c2ccccc2)c1C. The lowest BCUT2D eigenvalue weighted by Crippen LogP contribution is -2.25. The number of nitrogens with zero attached hydrogens (tertiary/aromatic N) is 3. The summed E-state index contributed by atoms with van der Waals surface area (Å²) in [5.41, 5.74) is 6.91. The van der Waals surface area contributed by atoms with Crippen LogP contribution in [-0.2, 0) is 4.79 Å². The highest BCUT2D eigenvalue weighted by atomic mass is 32.1. The van der Waals surface area contributed by atoms with Gasteiger partial charge < -0.3 is 10.1 Å². The Morgan fingerprint density at radius 1 is 1.09 bits per heavy atom. The van der Waals surface area contributed by atoms with Crippen LogP contribution in [0.2, 0.25) is 0 Å². The normalized spacial score (nSPS) is 14.5. The van der Waals surface area contributed by atoms with Crippen molar-refractivity contribution in [3.63, 3.8) is 0 Å². The van der Waals surface area contributed by atoms with Crippen LogP contribution in [0.5, 0.6) is 5.75 Å². The number of thiazole rings is 1. The first-order valence-electron chi connectivity index (χ1n) is 11.5. The van der Waals surface area contributed by atoms with Gasteiger partial charge in [-0.1, -0.05) is 49.4 Å². The Morgan fingerprint density at radius 3 is 2.74 bits per heavy atom. The number of carbonyl (C=O) groups is 1. The third-order valence-electron chi connectivity index (χ3n) is 6.12. The zero-order chi connectivity index (χ0) is 24.4. The first-order chi connectivity index (χ1) is 17.0. The van der Waals surface area contributed by atoms with E-state index in [1.807, 2.05) is 64.8 Å². The summed E-state index contributed by atoms with van der Waals surface area (Å²) in [7, 11) is 0. The summed E-state index contributed by atoms with van der Waals surface area (Å²) in [5.74, 6) is 0.631. The third kappa shape index (κ3) is 4.81. The Bertz CT molecular complexity index is 1480. The molecule has 4 aromatic rings. The van der Waals surface area contributed by atoms with Gasteiger partial charge in [-0.3, -0.25) is 4.79 Å². The summed E-state index contributed by atoms with van der Waals surface area (Å²) in [6.45, 7) is 6.33. The lowest BCUT2D eigenvalue weighted by Gasteiger charge is -2.18. The van der Waals surface area contributed by atoms with E-state index < -0.39 is 0 Å². The van der Waals surface area contributed by atoms with Crippen molar-refractivity contribution in [1.29, 1.82) is 0 Å². The molecule has 35 heavy (non-hydrogen) atoms. The molecule has 6 nitrogen and oxygen atoms in total.